The van der Waals surface area contributed by atoms with Gasteiger partial charge in [0.15, 0.2) is 11.4 Å². The van der Waals surface area contributed by atoms with E-state index in [1.165, 1.54) is 12.1 Å². The molecule has 1 heterocycles. The summed E-state index contributed by atoms with van der Waals surface area (Å²) in [5.41, 5.74) is 2.02. The Morgan fingerprint density at radius 3 is 2.62 bits per heavy atom. The molecule has 0 N–H and O–H groups in total. The number of carbonyl (C=O) groups excluding carboxylic acids is 1. The van der Waals surface area contributed by atoms with Gasteiger partial charge in [-0.25, -0.2) is 9.18 Å². The number of esters is 1. The zero-order chi connectivity index (χ0) is 20.6. The lowest BCUT2D eigenvalue weighted by Crippen LogP contribution is -2.14. The van der Waals surface area contributed by atoms with Crippen molar-refractivity contribution in [2.24, 2.45) is 0 Å². The molecule has 0 radical (unpaired) electrons. The van der Waals surface area contributed by atoms with E-state index >= 15 is 0 Å². The van der Waals surface area contributed by atoms with Crippen LogP contribution in [0.25, 0.3) is 10.9 Å². The topological polar surface area (TPSA) is 49.7 Å². The number of unbranched alkanes of at least 4 members (excludes halogenated alkanes) is 1. The van der Waals surface area contributed by atoms with E-state index in [0.29, 0.717) is 30.0 Å². The number of carbonyl (C=O) groups is 1. The quantitative estimate of drug-likeness (QED) is 0.357. The number of hydrogen-bond donors (Lipinski definition) is 0. The highest BCUT2D eigenvalue weighted by Crippen LogP contribution is 2.35. The van der Waals surface area contributed by atoms with E-state index in [1.807, 2.05) is 34.9 Å². The minimum absolute atomic E-state index is 0.247. The number of halogens is 1. The molecule has 0 aliphatic carbocycles. The molecule has 5 nitrogen and oxygen atoms in total. The first-order valence-electron chi connectivity index (χ1n) is 9.80. The molecule has 0 bridgehead atoms. The number of benzene rings is 2. The molecule has 0 atom stereocenters. The Bertz CT molecular complexity index is 952. The van der Waals surface area contributed by atoms with E-state index in [2.05, 4.69) is 0 Å². The summed E-state index contributed by atoms with van der Waals surface area (Å²) in [5.74, 6) is -0.499. The van der Waals surface area contributed by atoms with Crippen LogP contribution in [0, 0.1) is 5.82 Å². The third kappa shape index (κ3) is 4.95. The summed E-state index contributed by atoms with van der Waals surface area (Å²) >= 11 is 0. The van der Waals surface area contributed by atoms with Crippen LogP contribution in [0.15, 0.2) is 48.5 Å². The lowest BCUT2D eigenvalue weighted by atomic mass is 10.2. The van der Waals surface area contributed by atoms with Crippen molar-refractivity contribution in [2.45, 2.75) is 32.9 Å². The van der Waals surface area contributed by atoms with Crippen molar-refractivity contribution in [3.8, 4) is 5.75 Å². The molecule has 29 heavy (non-hydrogen) atoms. The van der Waals surface area contributed by atoms with Crippen LogP contribution in [0.4, 0.5) is 4.39 Å². The first-order valence-corrected chi connectivity index (χ1v) is 9.80. The SMILES string of the molecule is CCOC(=O)c1c(OCc2ccccc2)c2cc(F)ccc2n1CCCCOC. The number of aromatic nitrogens is 1. The fraction of sp³-hybridized carbons (Fsp3) is 0.348. The van der Waals surface area contributed by atoms with Gasteiger partial charge in [0, 0.05) is 25.6 Å². The summed E-state index contributed by atoms with van der Waals surface area (Å²) in [5, 5.41) is 0.565. The fourth-order valence-electron chi connectivity index (χ4n) is 3.32. The van der Waals surface area contributed by atoms with Crippen molar-refractivity contribution in [1.29, 1.82) is 0 Å². The third-order valence-electron chi connectivity index (χ3n) is 4.65. The number of hydrogen-bond acceptors (Lipinski definition) is 4. The van der Waals surface area contributed by atoms with Crippen molar-refractivity contribution in [3.63, 3.8) is 0 Å². The van der Waals surface area contributed by atoms with Crippen molar-refractivity contribution in [2.75, 3.05) is 20.3 Å². The van der Waals surface area contributed by atoms with E-state index in [-0.39, 0.29) is 19.0 Å². The molecule has 0 aliphatic heterocycles. The fourth-order valence-corrected chi connectivity index (χ4v) is 3.32. The van der Waals surface area contributed by atoms with Crippen molar-refractivity contribution in [3.05, 3.63) is 65.6 Å². The van der Waals surface area contributed by atoms with E-state index < -0.39 is 5.97 Å². The number of aryl methyl sites for hydroxylation is 1. The van der Waals surface area contributed by atoms with Gasteiger partial charge in [-0.15, -0.1) is 0 Å². The van der Waals surface area contributed by atoms with Crippen LogP contribution < -0.4 is 4.74 Å². The van der Waals surface area contributed by atoms with Crippen molar-refractivity contribution >= 4 is 16.9 Å². The Morgan fingerprint density at radius 2 is 1.90 bits per heavy atom. The van der Waals surface area contributed by atoms with Crippen LogP contribution in [-0.4, -0.2) is 30.9 Å². The standard InChI is InChI=1S/C23H26FNO4/c1-3-28-23(26)21-22(29-16-17-9-5-4-6-10-17)19-15-18(24)11-12-20(19)25(21)13-7-8-14-27-2/h4-6,9-12,15H,3,7-8,13-14,16H2,1-2H3. The molecule has 0 saturated carbocycles. The molecular weight excluding hydrogens is 373 g/mol. The second kappa shape index (κ2) is 10.1. The molecular formula is C23H26FNO4. The summed E-state index contributed by atoms with van der Waals surface area (Å²) in [6.07, 6.45) is 1.65. The van der Waals surface area contributed by atoms with Crippen LogP contribution >= 0.6 is 0 Å². The lowest BCUT2D eigenvalue weighted by molar-refractivity contribution is 0.0508. The summed E-state index contributed by atoms with van der Waals surface area (Å²) in [6.45, 7) is 3.49. The molecule has 1 aromatic heterocycles. The van der Waals surface area contributed by atoms with Gasteiger partial charge in [-0.1, -0.05) is 30.3 Å². The van der Waals surface area contributed by atoms with E-state index in [0.717, 1.165) is 23.9 Å². The van der Waals surface area contributed by atoms with E-state index in [1.54, 1.807) is 20.1 Å². The molecule has 0 fully saturated rings. The van der Waals surface area contributed by atoms with Crippen molar-refractivity contribution < 1.29 is 23.4 Å². The normalized spacial score (nSPS) is 11.0. The van der Waals surface area contributed by atoms with E-state index in [4.69, 9.17) is 14.2 Å². The van der Waals surface area contributed by atoms with Gasteiger partial charge in [-0.3, -0.25) is 0 Å². The predicted octanol–water partition coefficient (Wildman–Crippen LogP) is 4.96. The molecule has 2 aromatic carbocycles. The van der Waals surface area contributed by atoms with Gasteiger partial charge in [0.05, 0.1) is 12.1 Å². The van der Waals surface area contributed by atoms with Gasteiger partial charge in [0.2, 0.25) is 0 Å². The molecule has 3 rings (SSSR count). The van der Waals surface area contributed by atoms with Crippen LogP contribution in [0.3, 0.4) is 0 Å². The summed E-state index contributed by atoms with van der Waals surface area (Å²) in [7, 11) is 1.66. The molecule has 6 heteroatoms. The highest BCUT2D eigenvalue weighted by atomic mass is 19.1. The Hall–Kier alpha value is -2.86. The van der Waals surface area contributed by atoms with Gasteiger partial charge in [0.1, 0.15) is 12.4 Å². The second-order valence-electron chi connectivity index (χ2n) is 6.69. The Balaban J connectivity index is 2.03. The number of nitrogens with zero attached hydrogens (tertiary/aromatic N) is 1. The summed E-state index contributed by atoms with van der Waals surface area (Å²) in [6, 6.07) is 14.1. The maximum absolute atomic E-state index is 14.0. The Kier molecular flexibility index (Phi) is 7.25. The van der Waals surface area contributed by atoms with Crippen LogP contribution in [0.1, 0.15) is 35.8 Å². The highest BCUT2D eigenvalue weighted by Gasteiger charge is 2.25. The third-order valence-corrected chi connectivity index (χ3v) is 4.65. The minimum atomic E-state index is -0.473. The molecule has 0 amide bonds. The average molecular weight is 399 g/mol. The monoisotopic (exact) mass is 399 g/mol. The number of fused-ring (bicyclic) bond motifs is 1. The zero-order valence-corrected chi connectivity index (χ0v) is 16.8. The van der Waals surface area contributed by atoms with E-state index in [9.17, 15) is 9.18 Å². The maximum atomic E-state index is 14.0. The zero-order valence-electron chi connectivity index (χ0n) is 16.8. The lowest BCUT2D eigenvalue weighted by Gasteiger charge is -2.12. The van der Waals surface area contributed by atoms with Gasteiger partial charge in [-0.05, 0) is 43.5 Å². The number of rotatable bonds is 10. The molecule has 0 spiro atoms. The smallest absolute Gasteiger partial charge is 0.358 e. The predicted molar refractivity (Wildman–Crippen MR) is 110 cm³/mol. The minimum Gasteiger partial charge on any atom is -0.486 e. The highest BCUT2D eigenvalue weighted by molar-refractivity contribution is 6.01. The van der Waals surface area contributed by atoms with Gasteiger partial charge in [-0.2, -0.15) is 0 Å². The second-order valence-corrected chi connectivity index (χ2v) is 6.69. The summed E-state index contributed by atoms with van der Waals surface area (Å²) in [4.78, 5) is 12.8. The van der Waals surface area contributed by atoms with Crippen molar-refractivity contribution in [1.82, 2.24) is 4.57 Å². The molecule has 0 unspecified atom stereocenters. The number of ether oxygens (including phenoxy) is 3. The maximum Gasteiger partial charge on any atom is 0.358 e. The van der Waals surface area contributed by atoms with Gasteiger partial charge >= 0.3 is 5.97 Å². The van der Waals surface area contributed by atoms with Crippen LogP contribution in [-0.2, 0) is 22.6 Å². The molecule has 154 valence electrons. The summed E-state index contributed by atoms with van der Waals surface area (Å²) < 4.78 is 32.3. The largest absolute Gasteiger partial charge is 0.486 e. The van der Waals surface area contributed by atoms with Crippen LogP contribution in [0.5, 0.6) is 5.75 Å². The Morgan fingerprint density at radius 1 is 1.10 bits per heavy atom. The van der Waals surface area contributed by atoms with Gasteiger partial charge in [0.25, 0.3) is 0 Å². The average Bonchev–Trinajstić information content (AvgIpc) is 3.03. The van der Waals surface area contributed by atoms with Gasteiger partial charge < -0.3 is 18.8 Å². The molecule has 3 aromatic rings. The molecule has 0 aliphatic rings. The van der Waals surface area contributed by atoms with Crippen LogP contribution in [0.2, 0.25) is 0 Å². The Labute approximate surface area is 170 Å². The first kappa shape index (κ1) is 20.9. The first-order chi connectivity index (χ1) is 14.2. The molecule has 0 saturated heterocycles. The number of methoxy groups -OCH3 is 1.